The molecule has 2 aromatic carbocycles. The van der Waals surface area contributed by atoms with E-state index >= 15 is 0 Å². The summed E-state index contributed by atoms with van der Waals surface area (Å²) in [6.45, 7) is 2.10. The molecule has 162 valence electrons. The third-order valence-electron chi connectivity index (χ3n) is 4.62. The van der Waals surface area contributed by atoms with Gasteiger partial charge in [0.1, 0.15) is 12.5 Å². The van der Waals surface area contributed by atoms with Gasteiger partial charge in [-0.1, -0.05) is 36.4 Å². The molecule has 0 aliphatic carbocycles. The molecule has 2 N–H and O–H groups in total. The lowest BCUT2D eigenvalue weighted by atomic mass is 9.90. The van der Waals surface area contributed by atoms with Gasteiger partial charge in [-0.15, -0.1) is 0 Å². The Bertz CT molecular complexity index is 822. The van der Waals surface area contributed by atoms with Gasteiger partial charge in [-0.05, 0) is 42.5 Å². The van der Waals surface area contributed by atoms with Gasteiger partial charge in [0.2, 0.25) is 0 Å². The summed E-state index contributed by atoms with van der Waals surface area (Å²) in [6.07, 6.45) is -2.26. The summed E-state index contributed by atoms with van der Waals surface area (Å²) in [6, 6.07) is 15.5. The number of likely N-dealkylation sites (tertiary alicyclic amines) is 1. The average molecular weight is 425 g/mol. The quantitative estimate of drug-likeness (QED) is 0.718. The molecule has 3 rings (SSSR count). The molecule has 0 amide bonds. The molecule has 0 aromatic heterocycles. The second-order valence-corrected chi connectivity index (χ2v) is 6.71. The SMILES string of the molecule is FC(F)(F)c1cccc(OCN2CCC(c3ccccc3)CC2)c1.O=C(O)C(=O)O. The van der Waals surface area contributed by atoms with Crippen molar-refractivity contribution in [2.75, 3.05) is 19.8 Å². The Balaban J connectivity index is 0.000000469. The third kappa shape index (κ3) is 7.40. The lowest BCUT2D eigenvalue weighted by Crippen LogP contribution is -2.35. The fraction of sp³-hybridized carbons (Fsp3) is 0.333. The zero-order valence-corrected chi connectivity index (χ0v) is 16.0. The van der Waals surface area contributed by atoms with Crippen molar-refractivity contribution in [2.45, 2.75) is 24.9 Å². The van der Waals surface area contributed by atoms with Crippen LogP contribution < -0.4 is 4.74 Å². The number of hydrogen-bond donors (Lipinski definition) is 2. The molecule has 9 heteroatoms. The van der Waals surface area contributed by atoms with E-state index in [1.807, 2.05) is 6.07 Å². The molecule has 0 saturated carbocycles. The first kappa shape index (κ1) is 23.2. The highest BCUT2D eigenvalue weighted by Gasteiger charge is 2.30. The van der Waals surface area contributed by atoms with Crippen LogP contribution in [0.1, 0.15) is 29.9 Å². The van der Waals surface area contributed by atoms with Crippen molar-refractivity contribution >= 4 is 11.9 Å². The van der Waals surface area contributed by atoms with Crippen LogP contribution in [0.5, 0.6) is 5.75 Å². The molecular weight excluding hydrogens is 403 g/mol. The van der Waals surface area contributed by atoms with E-state index in [2.05, 4.69) is 29.2 Å². The minimum atomic E-state index is -4.34. The number of carbonyl (C=O) groups is 2. The normalized spacial score (nSPS) is 15.0. The standard InChI is InChI=1S/C19H20F3NO.C2H2O4/c20-19(21,22)17-7-4-8-18(13-17)24-14-23-11-9-16(10-12-23)15-5-2-1-3-6-15;3-1(4)2(5)6/h1-8,13,16H,9-12,14H2;(H,3,4)(H,5,6). The number of alkyl halides is 3. The lowest BCUT2D eigenvalue weighted by molar-refractivity contribution is -0.159. The highest BCUT2D eigenvalue weighted by atomic mass is 19.4. The predicted molar refractivity (Wildman–Crippen MR) is 102 cm³/mol. The summed E-state index contributed by atoms with van der Waals surface area (Å²) in [5.74, 6) is -2.84. The Morgan fingerprint density at radius 3 is 2.10 bits per heavy atom. The molecule has 30 heavy (non-hydrogen) atoms. The zero-order valence-electron chi connectivity index (χ0n) is 16.0. The maximum atomic E-state index is 12.7. The van der Waals surface area contributed by atoms with Crippen LogP contribution in [0.3, 0.4) is 0 Å². The average Bonchev–Trinajstić information content (AvgIpc) is 2.73. The fourth-order valence-electron chi connectivity index (χ4n) is 3.05. The Labute approximate surface area is 171 Å². The number of rotatable bonds is 4. The molecule has 0 atom stereocenters. The number of nitrogens with zero attached hydrogens (tertiary/aromatic N) is 1. The van der Waals surface area contributed by atoms with Crippen LogP contribution in [0.25, 0.3) is 0 Å². The Kier molecular flexibility index (Phi) is 8.23. The molecule has 6 nitrogen and oxygen atoms in total. The molecule has 1 aliphatic rings. The number of piperidine rings is 1. The minimum absolute atomic E-state index is 0.259. The summed E-state index contributed by atoms with van der Waals surface area (Å²) < 4.78 is 43.7. The molecule has 1 fully saturated rings. The van der Waals surface area contributed by atoms with Crippen LogP contribution in [0, 0.1) is 0 Å². The van der Waals surface area contributed by atoms with Crippen molar-refractivity contribution in [3.8, 4) is 5.75 Å². The number of hydrogen-bond acceptors (Lipinski definition) is 4. The number of benzene rings is 2. The van der Waals surface area contributed by atoms with E-state index in [1.54, 1.807) is 6.07 Å². The predicted octanol–water partition coefficient (Wildman–Crippen LogP) is 4.08. The first-order chi connectivity index (χ1) is 14.2. The number of carboxylic acids is 2. The molecule has 1 heterocycles. The highest BCUT2D eigenvalue weighted by molar-refractivity contribution is 6.27. The Morgan fingerprint density at radius 1 is 0.967 bits per heavy atom. The van der Waals surface area contributed by atoms with Gasteiger partial charge < -0.3 is 14.9 Å². The summed E-state index contributed by atoms with van der Waals surface area (Å²) in [7, 11) is 0. The summed E-state index contributed by atoms with van der Waals surface area (Å²) in [5.41, 5.74) is 0.679. The Morgan fingerprint density at radius 2 is 1.57 bits per heavy atom. The van der Waals surface area contributed by atoms with Crippen molar-refractivity contribution < 1.29 is 37.7 Å². The summed E-state index contributed by atoms with van der Waals surface area (Å²) in [4.78, 5) is 20.3. The maximum absolute atomic E-state index is 12.7. The molecule has 2 aromatic rings. The topological polar surface area (TPSA) is 87.1 Å². The largest absolute Gasteiger partial charge is 0.478 e. The zero-order chi connectivity index (χ0) is 22.1. The molecule has 0 spiro atoms. The van der Waals surface area contributed by atoms with Gasteiger partial charge in [-0.2, -0.15) is 13.2 Å². The van der Waals surface area contributed by atoms with Crippen molar-refractivity contribution in [2.24, 2.45) is 0 Å². The maximum Gasteiger partial charge on any atom is 0.416 e. The first-order valence-corrected chi connectivity index (χ1v) is 9.20. The van der Waals surface area contributed by atoms with Crippen LogP contribution in [0.4, 0.5) is 13.2 Å². The number of ether oxygens (including phenoxy) is 1. The van der Waals surface area contributed by atoms with Crippen LogP contribution in [-0.4, -0.2) is 46.9 Å². The number of aliphatic carboxylic acids is 2. The van der Waals surface area contributed by atoms with E-state index < -0.39 is 23.7 Å². The monoisotopic (exact) mass is 425 g/mol. The molecule has 0 bridgehead atoms. The van der Waals surface area contributed by atoms with Crippen LogP contribution in [-0.2, 0) is 15.8 Å². The van der Waals surface area contributed by atoms with Gasteiger partial charge in [-0.3, -0.25) is 4.90 Å². The van der Waals surface area contributed by atoms with Crippen LogP contribution in [0.2, 0.25) is 0 Å². The fourth-order valence-corrected chi connectivity index (χ4v) is 3.05. The van der Waals surface area contributed by atoms with Crippen molar-refractivity contribution in [1.29, 1.82) is 0 Å². The number of carboxylic acid groups (broad SMARTS) is 2. The molecule has 0 radical (unpaired) electrons. The molecule has 1 aliphatic heterocycles. The van der Waals surface area contributed by atoms with Gasteiger partial charge in [-0.25, -0.2) is 9.59 Å². The van der Waals surface area contributed by atoms with E-state index in [1.165, 1.54) is 11.6 Å². The smallest absolute Gasteiger partial charge is 0.416 e. The summed E-state index contributed by atoms with van der Waals surface area (Å²) >= 11 is 0. The first-order valence-electron chi connectivity index (χ1n) is 9.20. The van der Waals surface area contributed by atoms with E-state index in [9.17, 15) is 13.2 Å². The molecular formula is C21H22F3NO5. The van der Waals surface area contributed by atoms with Crippen molar-refractivity contribution in [3.63, 3.8) is 0 Å². The molecule has 1 saturated heterocycles. The Hall–Kier alpha value is -3.07. The van der Waals surface area contributed by atoms with Crippen LogP contribution >= 0.6 is 0 Å². The second-order valence-electron chi connectivity index (χ2n) is 6.71. The van der Waals surface area contributed by atoms with Crippen molar-refractivity contribution in [3.05, 3.63) is 65.7 Å². The van der Waals surface area contributed by atoms with E-state index in [0.29, 0.717) is 12.6 Å². The minimum Gasteiger partial charge on any atom is -0.478 e. The van der Waals surface area contributed by atoms with Gasteiger partial charge in [0.05, 0.1) is 5.56 Å². The van der Waals surface area contributed by atoms with Crippen LogP contribution in [0.15, 0.2) is 54.6 Å². The van der Waals surface area contributed by atoms with Gasteiger partial charge in [0.25, 0.3) is 0 Å². The van der Waals surface area contributed by atoms with E-state index in [4.69, 9.17) is 24.5 Å². The van der Waals surface area contributed by atoms with Gasteiger partial charge in [0.15, 0.2) is 0 Å². The third-order valence-corrected chi connectivity index (χ3v) is 4.62. The number of halogens is 3. The second kappa shape index (κ2) is 10.6. The van der Waals surface area contributed by atoms with E-state index in [0.717, 1.165) is 38.1 Å². The van der Waals surface area contributed by atoms with Gasteiger partial charge in [0, 0.05) is 13.1 Å². The van der Waals surface area contributed by atoms with E-state index in [-0.39, 0.29) is 5.75 Å². The lowest BCUT2D eigenvalue weighted by Gasteiger charge is -2.31. The van der Waals surface area contributed by atoms with Gasteiger partial charge >= 0.3 is 18.1 Å². The summed E-state index contributed by atoms with van der Waals surface area (Å²) in [5, 5.41) is 14.8. The van der Waals surface area contributed by atoms with Crippen molar-refractivity contribution in [1.82, 2.24) is 4.90 Å². The molecule has 0 unspecified atom stereocenters. The highest BCUT2D eigenvalue weighted by Crippen LogP contribution is 2.32.